The van der Waals surface area contributed by atoms with Crippen molar-refractivity contribution in [1.82, 2.24) is 10.5 Å². The molecule has 2 aromatic carbocycles. The van der Waals surface area contributed by atoms with Gasteiger partial charge >= 0.3 is 0 Å². The third-order valence-electron chi connectivity index (χ3n) is 4.20. The van der Waals surface area contributed by atoms with Gasteiger partial charge in [-0.25, -0.2) is 0 Å². The number of nitrogens with zero attached hydrogens (tertiary/aromatic N) is 1. The van der Waals surface area contributed by atoms with Crippen molar-refractivity contribution in [2.45, 2.75) is 13.0 Å². The molecule has 0 spiro atoms. The van der Waals surface area contributed by atoms with Crippen molar-refractivity contribution >= 4 is 5.91 Å². The van der Waals surface area contributed by atoms with Gasteiger partial charge in [0.1, 0.15) is 5.75 Å². The molecule has 0 saturated heterocycles. The summed E-state index contributed by atoms with van der Waals surface area (Å²) in [6.07, 6.45) is 0.143. The summed E-state index contributed by atoms with van der Waals surface area (Å²) in [6.45, 7) is 0.631. The van der Waals surface area contributed by atoms with E-state index in [1.807, 2.05) is 42.5 Å². The van der Waals surface area contributed by atoms with Gasteiger partial charge in [-0.15, -0.1) is 0 Å². The number of hydrogen-bond acceptors (Lipinski definition) is 6. The topological polar surface area (TPSA) is 82.8 Å². The van der Waals surface area contributed by atoms with Crippen molar-refractivity contribution in [2.24, 2.45) is 0 Å². The summed E-state index contributed by atoms with van der Waals surface area (Å²) in [7, 11) is 1.61. The molecule has 4 rings (SSSR count). The Morgan fingerprint density at radius 2 is 1.93 bits per heavy atom. The quantitative estimate of drug-likeness (QED) is 0.722. The van der Waals surface area contributed by atoms with E-state index in [9.17, 15) is 4.79 Å². The number of nitrogens with one attached hydrogen (secondary N) is 1. The van der Waals surface area contributed by atoms with Crippen LogP contribution in [0.15, 0.2) is 53.1 Å². The lowest BCUT2D eigenvalue weighted by atomic mass is 10.1. The average Bonchev–Trinajstić information content (AvgIpc) is 3.35. The Bertz CT molecular complexity index is 949. The second kappa shape index (κ2) is 7.41. The van der Waals surface area contributed by atoms with Gasteiger partial charge in [0.2, 0.25) is 12.7 Å². The standard InChI is InChI=1S/C20H18N2O5/c1-24-16-5-3-14(4-6-16)18-9-15(22-27-18)10-20(23)21-11-13-2-7-17-19(8-13)26-12-25-17/h2-9H,10-12H2,1H3,(H,21,23). The van der Waals surface area contributed by atoms with E-state index in [-0.39, 0.29) is 19.1 Å². The van der Waals surface area contributed by atoms with Crippen molar-refractivity contribution < 1.29 is 23.5 Å². The summed E-state index contributed by atoms with van der Waals surface area (Å²) in [5.41, 5.74) is 2.38. The number of methoxy groups -OCH3 is 1. The molecule has 1 aliphatic rings. The molecule has 138 valence electrons. The minimum Gasteiger partial charge on any atom is -0.497 e. The minimum atomic E-state index is -0.137. The fourth-order valence-electron chi connectivity index (χ4n) is 2.77. The third kappa shape index (κ3) is 3.87. The van der Waals surface area contributed by atoms with E-state index in [1.165, 1.54) is 0 Å². The maximum Gasteiger partial charge on any atom is 0.231 e. The molecule has 1 aromatic heterocycles. The van der Waals surface area contributed by atoms with Gasteiger partial charge in [0.15, 0.2) is 17.3 Å². The molecule has 1 amide bonds. The molecule has 27 heavy (non-hydrogen) atoms. The molecule has 3 aromatic rings. The van der Waals surface area contributed by atoms with Crippen LogP contribution < -0.4 is 19.5 Å². The Morgan fingerprint density at radius 3 is 2.74 bits per heavy atom. The van der Waals surface area contributed by atoms with Crippen LogP contribution in [0.25, 0.3) is 11.3 Å². The largest absolute Gasteiger partial charge is 0.497 e. The number of rotatable bonds is 6. The monoisotopic (exact) mass is 366 g/mol. The fourth-order valence-corrected chi connectivity index (χ4v) is 2.77. The van der Waals surface area contributed by atoms with Crippen LogP contribution in [0.4, 0.5) is 0 Å². The molecule has 7 heteroatoms. The highest BCUT2D eigenvalue weighted by atomic mass is 16.7. The SMILES string of the molecule is COc1ccc(-c2cc(CC(=O)NCc3ccc4c(c3)OCO4)no2)cc1. The Labute approximate surface area is 155 Å². The van der Waals surface area contributed by atoms with E-state index in [0.717, 1.165) is 22.6 Å². The molecular weight excluding hydrogens is 348 g/mol. The second-order valence-electron chi connectivity index (χ2n) is 6.05. The van der Waals surface area contributed by atoms with Gasteiger partial charge in [-0.1, -0.05) is 11.2 Å². The summed E-state index contributed by atoms with van der Waals surface area (Å²) < 4.78 is 21.1. The maximum atomic E-state index is 12.2. The van der Waals surface area contributed by atoms with E-state index < -0.39 is 0 Å². The summed E-state index contributed by atoms with van der Waals surface area (Å²) in [6, 6.07) is 14.8. The Morgan fingerprint density at radius 1 is 1.11 bits per heavy atom. The van der Waals surface area contributed by atoms with E-state index in [1.54, 1.807) is 13.2 Å². The van der Waals surface area contributed by atoms with Crippen LogP contribution >= 0.6 is 0 Å². The van der Waals surface area contributed by atoms with Crippen LogP contribution in [0.2, 0.25) is 0 Å². The zero-order chi connectivity index (χ0) is 18.6. The smallest absolute Gasteiger partial charge is 0.231 e. The van der Waals surface area contributed by atoms with Crippen LogP contribution in [-0.4, -0.2) is 25.0 Å². The minimum absolute atomic E-state index is 0.137. The Kier molecular flexibility index (Phi) is 4.65. The predicted molar refractivity (Wildman–Crippen MR) is 96.6 cm³/mol. The van der Waals surface area contributed by atoms with Gasteiger partial charge in [0.25, 0.3) is 0 Å². The lowest BCUT2D eigenvalue weighted by molar-refractivity contribution is -0.120. The molecule has 1 N–H and O–H groups in total. The molecule has 0 bridgehead atoms. The average molecular weight is 366 g/mol. The first-order valence-corrected chi connectivity index (χ1v) is 8.46. The zero-order valence-corrected chi connectivity index (χ0v) is 14.7. The predicted octanol–water partition coefficient (Wildman–Crippen LogP) is 2.94. The third-order valence-corrected chi connectivity index (χ3v) is 4.20. The maximum absolute atomic E-state index is 12.2. The van der Waals surface area contributed by atoms with Gasteiger partial charge in [-0.2, -0.15) is 0 Å². The van der Waals surface area contributed by atoms with Crippen LogP contribution in [0.3, 0.4) is 0 Å². The molecule has 1 aliphatic heterocycles. The van der Waals surface area contributed by atoms with Gasteiger partial charge < -0.3 is 24.1 Å². The second-order valence-corrected chi connectivity index (χ2v) is 6.05. The first-order chi connectivity index (χ1) is 13.2. The van der Waals surface area contributed by atoms with E-state index in [0.29, 0.717) is 23.7 Å². The Balaban J connectivity index is 1.33. The summed E-state index contributed by atoms with van der Waals surface area (Å²) in [4.78, 5) is 12.2. The van der Waals surface area contributed by atoms with E-state index in [4.69, 9.17) is 18.7 Å². The van der Waals surface area contributed by atoms with Crippen molar-refractivity contribution in [3.05, 3.63) is 59.8 Å². The fraction of sp³-hybridized carbons (Fsp3) is 0.200. The summed E-state index contributed by atoms with van der Waals surface area (Å²) in [5.74, 6) is 2.65. The number of fused-ring (bicyclic) bond motifs is 1. The van der Waals surface area contributed by atoms with Crippen LogP contribution in [0.1, 0.15) is 11.3 Å². The number of amides is 1. The molecule has 0 saturated carbocycles. The molecule has 0 unspecified atom stereocenters. The zero-order valence-electron chi connectivity index (χ0n) is 14.7. The number of ether oxygens (including phenoxy) is 3. The Hall–Kier alpha value is -3.48. The number of carbonyl (C=O) groups is 1. The molecule has 0 radical (unpaired) electrons. The van der Waals surface area contributed by atoms with Gasteiger partial charge in [0, 0.05) is 18.2 Å². The number of hydrogen-bond donors (Lipinski definition) is 1. The van der Waals surface area contributed by atoms with Gasteiger partial charge in [-0.05, 0) is 42.0 Å². The lowest BCUT2D eigenvalue weighted by Crippen LogP contribution is -2.24. The van der Waals surface area contributed by atoms with Crippen LogP contribution in [-0.2, 0) is 17.8 Å². The molecule has 0 atom stereocenters. The van der Waals surface area contributed by atoms with Crippen molar-refractivity contribution in [3.8, 4) is 28.6 Å². The van der Waals surface area contributed by atoms with E-state index in [2.05, 4.69) is 10.5 Å². The first-order valence-electron chi connectivity index (χ1n) is 8.46. The molecule has 7 nitrogen and oxygen atoms in total. The van der Waals surface area contributed by atoms with Gasteiger partial charge in [-0.3, -0.25) is 4.79 Å². The van der Waals surface area contributed by atoms with E-state index >= 15 is 0 Å². The molecule has 0 fully saturated rings. The first kappa shape index (κ1) is 17.0. The van der Waals surface area contributed by atoms with Gasteiger partial charge in [0.05, 0.1) is 19.2 Å². The van der Waals surface area contributed by atoms with Crippen molar-refractivity contribution in [3.63, 3.8) is 0 Å². The summed E-state index contributed by atoms with van der Waals surface area (Å²) in [5, 5.41) is 6.84. The molecule has 2 heterocycles. The van der Waals surface area contributed by atoms with Crippen molar-refractivity contribution in [1.29, 1.82) is 0 Å². The number of carbonyl (C=O) groups excluding carboxylic acids is 1. The number of benzene rings is 2. The highest BCUT2D eigenvalue weighted by Gasteiger charge is 2.14. The van der Waals surface area contributed by atoms with Crippen LogP contribution in [0, 0.1) is 0 Å². The molecular formula is C20H18N2O5. The lowest BCUT2D eigenvalue weighted by Gasteiger charge is -2.05. The highest BCUT2D eigenvalue weighted by Crippen LogP contribution is 2.32. The highest BCUT2D eigenvalue weighted by molar-refractivity contribution is 5.78. The number of aromatic nitrogens is 1. The van der Waals surface area contributed by atoms with Crippen LogP contribution in [0.5, 0.6) is 17.2 Å². The normalized spacial score (nSPS) is 12.0. The molecule has 0 aliphatic carbocycles. The van der Waals surface area contributed by atoms with Crippen molar-refractivity contribution in [2.75, 3.05) is 13.9 Å². The summed E-state index contributed by atoms with van der Waals surface area (Å²) >= 11 is 0.